The Hall–Kier alpha value is -2.14. The Labute approximate surface area is 178 Å². The van der Waals surface area contributed by atoms with E-state index in [0.29, 0.717) is 18.4 Å². The van der Waals surface area contributed by atoms with Crippen LogP contribution in [-0.4, -0.2) is 64.8 Å². The lowest BCUT2D eigenvalue weighted by atomic mass is 9.68. The van der Waals surface area contributed by atoms with E-state index < -0.39 is 0 Å². The number of hydrogen-bond donors (Lipinski definition) is 0. The number of piperidine rings is 3. The summed E-state index contributed by atoms with van der Waals surface area (Å²) in [5.74, 6) is 1.37. The number of rotatable bonds is 2. The molecular formula is C25H31N3O2. The quantitative estimate of drug-likeness (QED) is 0.711. The van der Waals surface area contributed by atoms with Crippen LogP contribution in [0.4, 0.5) is 0 Å². The molecule has 2 bridgehead atoms. The van der Waals surface area contributed by atoms with Gasteiger partial charge in [-0.3, -0.25) is 14.5 Å². The monoisotopic (exact) mass is 405 g/mol. The zero-order valence-corrected chi connectivity index (χ0v) is 17.6. The van der Waals surface area contributed by atoms with Crippen molar-refractivity contribution in [3.63, 3.8) is 0 Å². The van der Waals surface area contributed by atoms with Gasteiger partial charge in [-0.15, -0.1) is 0 Å². The Bertz CT molecular complexity index is 909. The van der Waals surface area contributed by atoms with Gasteiger partial charge in [0.05, 0.1) is 6.04 Å². The summed E-state index contributed by atoms with van der Waals surface area (Å²) in [4.78, 5) is 32.8. The highest BCUT2D eigenvalue weighted by Crippen LogP contribution is 2.45. The van der Waals surface area contributed by atoms with E-state index in [2.05, 4.69) is 15.9 Å². The zero-order chi connectivity index (χ0) is 20.2. The van der Waals surface area contributed by atoms with Crippen LogP contribution in [0.15, 0.2) is 35.9 Å². The Balaban J connectivity index is 1.22. The molecule has 4 atom stereocenters. The van der Waals surface area contributed by atoms with Gasteiger partial charge in [0.1, 0.15) is 6.54 Å². The van der Waals surface area contributed by atoms with Crippen molar-refractivity contribution in [2.75, 3.05) is 26.2 Å². The Kier molecular flexibility index (Phi) is 4.48. The van der Waals surface area contributed by atoms with Gasteiger partial charge in [-0.1, -0.05) is 36.3 Å². The number of benzene rings is 1. The van der Waals surface area contributed by atoms with E-state index >= 15 is 0 Å². The summed E-state index contributed by atoms with van der Waals surface area (Å²) in [6.45, 7) is 3.96. The lowest BCUT2D eigenvalue weighted by Crippen LogP contribution is -2.60. The molecule has 3 saturated heterocycles. The van der Waals surface area contributed by atoms with Crippen molar-refractivity contribution in [3.05, 3.63) is 47.0 Å². The van der Waals surface area contributed by atoms with E-state index in [4.69, 9.17) is 0 Å². The fraction of sp³-hybridized carbons (Fsp3) is 0.600. The van der Waals surface area contributed by atoms with Crippen molar-refractivity contribution in [2.45, 2.75) is 57.2 Å². The average molecular weight is 406 g/mol. The lowest BCUT2D eigenvalue weighted by Gasteiger charge is -2.54. The molecule has 158 valence electrons. The first-order valence-corrected chi connectivity index (χ1v) is 11.8. The van der Waals surface area contributed by atoms with Crippen molar-refractivity contribution in [3.8, 4) is 0 Å². The van der Waals surface area contributed by atoms with Crippen LogP contribution >= 0.6 is 0 Å². The van der Waals surface area contributed by atoms with Gasteiger partial charge in [0.2, 0.25) is 5.91 Å². The third kappa shape index (κ3) is 2.93. The van der Waals surface area contributed by atoms with E-state index in [-0.39, 0.29) is 24.4 Å². The fourth-order valence-corrected chi connectivity index (χ4v) is 6.95. The van der Waals surface area contributed by atoms with E-state index in [1.807, 2.05) is 24.3 Å². The number of nitrogens with zero attached hydrogens (tertiary/aromatic N) is 3. The molecule has 4 aliphatic heterocycles. The van der Waals surface area contributed by atoms with Crippen molar-refractivity contribution in [1.82, 2.24) is 14.7 Å². The first kappa shape index (κ1) is 18.6. The smallest absolute Gasteiger partial charge is 0.254 e. The minimum Gasteiger partial charge on any atom is -0.334 e. The Morgan fingerprint density at radius 2 is 2.00 bits per heavy atom. The van der Waals surface area contributed by atoms with Crippen LogP contribution in [0.1, 0.15) is 54.4 Å². The standard InChI is InChI=1S/C25H31N3O2/c29-23(16-27-14-18-6-1-2-8-21(18)25(27)30)28-11-5-7-17-12-19-13-20(24(17)28)15-26-10-4-3-9-22(19)26/h1-2,6,8,12,19-20,22,24H,3-5,7,9-11,13-16H2/t19-,20-,22?,24?/m0/s1. The molecule has 0 radical (unpaired) electrons. The number of hydrogen-bond acceptors (Lipinski definition) is 3. The number of amides is 2. The lowest BCUT2D eigenvalue weighted by molar-refractivity contribution is -0.137. The summed E-state index contributed by atoms with van der Waals surface area (Å²) < 4.78 is 0. The summed E-state index contributed by atoms with van der Waals surface area (Å²) in [6.07, 6.45) is 10.0. The van der Waals surface area contributed by atoms with Crippen molar-refractivity contribution >= 4 is 11.8 Å². The highest BCUT2D eigenvalue weighted by Gasteiger charge is 2.47. The molecule has 4 heterocycles. The van der Waals surface area contributed by atoms with E-state index in [0.717, 1.165) is 43.1 Å². The number of carbonyl (C=O) groups excluding carboxylic acids is 2. The number of fused-ring (bicyclic) bond motifs is 7. The third-order valence-corrected chi connectivity index (χ3v) is 8.20. The summed E-state index contributed by atoms with van der Waals surface area (Å²) >= 11 is 0. The second-order valence-corrected chi connectivity index (χ2v) is 9.91. The SMILES string of the molecule is O=C1c2ccccc2CN1CC(=O)N1CCCC2=C[C@H]3C[C@@H](CN4CCCCC34)C21. The first-order valence-electron chi connectivity index (χ1n) is 11.8. The maximum atomic E-state index is 13.4. The van der Waals surface area contributed by atoms with Crippen molar-refractivity contribution in [1.29, 1.82) is 0 Å². The number of likely N-dealkylation sites (tertiary alicyclic amines) is 1. The zero-order valence-electron chi connectivity index (χ0n) is 17.6. The Morgan fingerprint density at radius 1 is 1.10 bits per heavy atom. The first-order chi connectivity index (χ1) is 14.7. The largest absolute Gasteiger partial charge is 0.334 e. The van der Waals surface area contributed by atoms with Gasteiger partial charge < -0.3 is 9.80 Å². The highest BCUT2D eigenvalue weighted by molar-refractivity contribution is 6.00. The van der Waals surface area contributed by atoms with Crippen LogP contribution in [0.5, 0.6) is 0 Å². The Morgan fingerprint density at radius 3 is 2.90 bits per heavy atom. The molecule has 1 aromatic rings. The van der Waals surface area contributed by atoms with Crippen LogP contribution in [0.3, 0.4) is 0 Å². The normalized spacial score (nSPS) is 32.9. The van der Waals surface area contributed by atoms with Crippen LogP contribution in [-0.2, 0) is 11.3 Å². The van der Waals surface area contributed by atoms with E-state index in [1.165, 1.54) is 37.8 Å². The van der Waals surface area contributed by atoms with E-state index in [1.54, 1.807) is 4.90 Å². The fourth-order valence-electron chi connectivity index (χ4n) is 6.95. The number of carbonyl (C=O) groups is 2. The molecule has 1 aliphatic carbocycles. The summed E-state index contributed by atoms with van der Waals surface area (Å²) in [7, 11) is 0. The van der Waals surface area contributed by atoms with Crippen LogP contribution in [0.25, 0.3) is 0 Å². The summed E-state index contributed by atoms with van der Waals surface area (Å²) in [5, 5.41) is 0. The minimum absolute atomic E-state index is 0.00394. The second kappa shape index (κ2) is 7.23. The summed E-state index contributed by atoms with van der Waals surface area (Å²) in [5.41, 5.74) is 3.31. The molecule has 5 heteroatoms. The maximum absolute atomic E-state index is 13.4. The van der Waals surface area contributed by atoms with Gasteiger partial charge >= 0.3 is 0 Å². The molecule has 0 saturated carbocycles. The van der Waals surface area contributed by atoms with E-state index in [9.17, 15) is 9.59 Å². The molecule has 30 heavy (non-hydrogen) atoms. The topological polar surface area (TPSA) is 43.9 Å². The molecule has 2 unspecified atom stereocenters. The molecule has 5 aliphatic rings. The minimum atomic E-state index is 0.00394. The van der Waals surface area contributed by atoms with Gasteiger partial charge in [-0.05, 0) is 62.1 Å². The second-order valence-electron chi connectivity index (χ2n) is 9.91. The molecule has 2 amide bonds. The maximum Gasteiger partial charge on any atom is 0.254 e. The molecular weight excluding hydrogens is 374 g/mol. The molecule has 0 spiro atoms. The predicted molar refractivity (Wildman–Crippen MR) is 115 cm³/mol. The molecule has 1 aromatic carbocycles. The van der Waals surface area contributed by atoms with Crippen LogP contribution in [0.2, 0.25) is 0 Å². The van der Waals surface area contributed by atoms with Crippen LogP contribution < -0.4 is 0 Å². The van der Waals surface area contributed by atoms with Crippen LogP contribution in [0, 0.1) is 11.8 Å². The average Bonchev–Trinajstić information content (AvgIpc) is 3.09. The predicted octanol–water partition coefficient (Wildman–Crippen LogP) is 3.06. The molecule has 0 N–H and O–H groups in total. The molecule has 3 fully saturated rings. The van der Waals surface area contributed by atoms with Gasteiger partial charge in [-0.25, -0.2) is 0 Å². The van der Waals surface area contributed by atoms with Gasteiger partial charge in [0, 0.05) is 31.2 Å². The third-order valence-electron chi connectivity index (χ3n) is 8.20. The van der Waals surface area contributed by atoms with Crippen molar-refractivity contribution in [2.24, 2.45) is 11.8 Å². The van der Waals surface area contributed by atoms with Gasteiger partial charge in [0.15, 0.2) is 0 Å². The molecule has 0 aromatic heterocycles. The summed E-state index contributed by atoms with van der Waals surface area (Å²) in [6, 6.07) is 8.73. The highest BCUT2D eigenvalue weighted by atomic mass is 16.2. The van der Waals surface area contributed by atoms with Gasteiger partial charge in [0.25, 0.3) is 5.91 Å². The molecule has 5 nitrogen and oxygen atoms in total. The van der Waals surface area contributed by atoms with Gasteiger partial charge in [-0.2, -0.15) is 0 Å². The van der Waals surface area contributed by atoms with Crippen molar-refractivity contribution < 1.29 is 9.59 Å². The molecule has 6 rings (SSSR count).